The number of hydrogen-bond acceptors (Lipinski definition) is 3. The van der Waals surface area contributed by atoms with E-state index in [1.807, 2.05) is 0 Å². The van der Waals surface area contributed by atoms with E-state index in [1.54, 1.807) is 12.1 Å². The Balaban J connectivity index is 1.63. The van der Waals surface area contributed by atoms with Crippen molar-refractivity contribution in [3.8, 4) is 0 Å². The molecule has 4 nitrogen and oxygen atoms in total. The van der Waals surface area contributed by atoms with Crippen molar-refractivity contribution in [2.75, 3.05) is 0 Å². The average Bonchev–Trinajstić information content (AvgIpc) is 2.99. The van der Waals surface area contributed by atoms with Gasteiger partial charge in [-0.25, -0.2) is 14.2 Å². The Bertz CT molecular complexity index is 609. The second-order valence-corrected chi connectivity index (χ2v) is 6.74. The number of pyridine rings is 1. The first kappa shape index (κ1) is 15.6. The molecule has 0 saturated heterocycles. The van der Waals surface area contributed by atoms with Crippen LogP contribution >= 0.6 is 23.2 Å². The molecule has 3 rings (SSSR count). The molecule has 1 aromatic rings. The minimum Gasteiger partial charge on any atom is -0.267 e. The van der Waals surface area contributed by atoms with Gasteiger partial charge in [0.1, 0.15) is 0 Å². The summed E-state index contributed by atoms with van der Waals surface area (Å²) in [7, 11) is 0. The number of carbonyl (C=O) groups is 1. The predicted molar refractivity (Wildman–Crippen MR) is 79.3 cm³/mol. The summed E-state index contributed by atoms with van der Waals surface area (Å²) in [6.07, 6.45) is 5.01. The molecule has 0 aromatic carbocycles. The molecule has 22 heavy (non-hydrogen) atoms. The molecule has 2 aliphatic rings. The van der Waals surface area contributed by atoms with Gasteiger partial charge in [-0.05, 0) is 25.0 Å². The van der Waals surface area contributed by atoms with E-state index >= 15 is 0 Å². The van der Waals surface area contributed by atoms with E-state index in [4.69, 9.17) is 23.2 Å². The fourth-order valence-corrected chi connectivity index (χ4v) is 3.95. The third-order valence-corrected chi connectivity index (χ3v) is 5.65. The first-order chi connectivity index (χ1) is 10.3. The lowest BCUT2D eigenvalue weighted by atomic mass is 9.86. The number of fused-ring (bicyclic) bond motifs is 2. The van der Waals surface area contributed by atoms with E-state index in [0.29, 0.717) is 12.0 Å². The molecule has 0 radical (unpaired) electrons. The van der Waals surface area contributed by atoms with Crippen LogP contribution in [0.25, 0.3) is 0 Å². The number of alkyl halides is 4. The Morgan fingerprint density at radius 2 is 2.00 bits per heavy atom. The molecule has 1 aromatic heterocycles. The molecule has 0 unspecified atom stereocenters. The van der Waals surface area contributed by atoms with E-state index in [0.717, 1.165) is 0 Å². The molecule has 2 fully saturated rings. The standard InChI is InChI=1S/C14H13Cl2F2N3O/c15-13(17)10-5-9(11(6-10)14(13,16)18)7-20-21-12(22)8-1-3-19-4-2-8/h1-4,7,9-11H,5-6H2,(H,21,22)/b20-7-/t9-,10-,11-,13+,14-/m0/s1. The highest BCUT2D eigenvalue weighted by molar-refractivity contribution is 6.34. The van der Waals surface area contributed by atoms with Crippen LogP contribution < -0.4 is 5.43 Å². The lowest BCUT2D eigenvalue weighted by molar-refractivity contribution is 0.0289. The van der Waals surface area contributed by atoms with Gasteiger partial charge >= 0.3 is 0 Å². The molecule has 1 N–H and O–H groups in total. The molecule has 5 atom stereocenters. The molecule has 0 spiro atoms. The quantitative estimate of drug-likeness (QED) is 0.518. The van der Waals surface area contributed by atoms with Crippen molar-refractivity contribution in [1.29, 1.82) is 0 Å². The summed E-state index contributed by atoms with van der Waals surface area (Å²) in [5, 5.41) is -1.32. The first-order valence-corrected chi connectivity index (χ1v) is 7.59. The van der Waals surface area contributed by atoms with Crippen LogP contribution in [0.3, 0.4) is 0 Å². The molecule has 118 valence electrons. The van der Waals surface area contributed by atoms with Gasteiger partial charge < -0.3 is 0 Å². The number of halogens is 4. The SMILES string of the molecule is O=C(N/N=C\[C@@H]1C[C@H]2C[C@@H]1[C@@](F)(Cl)[C@@]2(F)Cl)c1ccncc1. The van der Waals surface area contributed by atoms with Crippen LogP contribution in [0.1, 0.15) is 23.2 Å². The molecule has 1 heterocycles. The van der Waals surface area contributed by atoms with Crippen molar-refractivity contribution in [1.82, 2.24) is 10.4 Å². The van der Waals surface area contributed by atoms with Crippen molar-refractivity contribution >= 4 is 35.3 Å². The van der Waals surface area contributed by atoms with Gasteiger partial charge in [0.2, 0.25) is 10.3 Å². The number of hydrazone groups is 1. The van der Waals surface area contributed by atoms with Crippen molar-refractivity contribution in [2.45, 2.75) is 23.1 Å². The predicted octanol–water partition coefficient (Wildman–Crippen LogP) is 3.26. The highest BCUT2D eigenvalue weighted by atomic mass is 35.5. The minimum atomic E-state index is -2.61. The minimum absolute atomic E-state index is 0.273. The van der Waals surface area contributed by atoms with Gasteiger partial charge in [-0.2, -0.15) is 5.10 Å². The smallest absolute Gasteiger partial charge is 0.267 e. The second kappa shape index (κ2) is 5.42. The monoisotopic (exact) mass is 347 g/mol. The highest BCUT2D eigenvalue weighted by Gasteiger charge is 2.71. The van der Waals surface area contributed by atoms with E-state index in [2.05, 4.69) is 15.5 Å². The van der Waals surface area contributed by atoms with E-state index < -0.39 is 28.0 Å². The van der Waals surface area contributed by atoms with Crippen LogP contribution in [0, 0.1) is 17.8 Å². The number of nitrogens with one attached hydrogen (secondary N) is 1. The van der Waals surface area contributed by atoms with Crippen LogP contribution in [0.2, 0.25) is 0 Å². The number of amides is 1. The molecular weight excluding hydrogens is 335 g/mol. The lowest BCUT2D eigenvalue weighted by Gasteiger charge is -2.36. The Morgan fingerprint density at radius 1 is 1.32 bits per heavy atom. The third-order valence-electron chi connectivity index (χ3n) is 4.41. The zero-order valence-corrected chi connectivity index (χ0v) is 12.9. The normalized spacial score (nSPS) is 40.3. The Morgan fingerprint density at radius 3 is 2.59 bits per heavy atom. The van der Waals surface area contributed by atoms with Crippen LogP contribution in [-0.4, -0.2) is 27.4 Å². The van der Waals surface area contributed by atoms with Crippen LogP contribution in [0.5, 0.6) is 0 Å². The van der Waals surface area contributed by atoms with Crippen molar-refractivity contribution < 1.29 is 13.6 Å². The summed E-state index contributed by atoms with van der Waals surface area (Å²) >= 11 is 11.3. The van der Waals surface area contributed by atoms with Crippen molar-refractivity contribution in [2.24, 2.45) is 22.9 Å². The summed E-state index contributed by atoms with van der Waals surface area (Å²) < 4.78 is 28.4. The fourth-order valence-electron chi connectivity index (χ4n) is 3.23. The maximum atomic E-state index is 14.3. The van der Waals surface area contributed by atoms with E-state index in [1.165, 1.54) is 18.6 Å². The molecule has 8 heteroatoms. The zero-order valence-electron chi connectivity index (χ0n) is 11.3. The van der Waals surface area contributed by atoms with Gasteiger partial charge in [0.05, 0.1) is 0 Å². The summed E-state index contributed by atoms with van der Waals surface area (Å²) in [5.41, 5.74) is 2.75. The van der Waals surface area contributed by atoms with E-state index in [9.17, 15) is 13.6 Å². The summed E-state index contributed by atoms with van der Waals surface area (Å²) in [6, 6.07) is 3.08. The van der Waals surface area contributed by atoms with Gasteiger partial charge in [0, 0.05) is 41.9 Å². The fraction of sp³-hybridized carbons (Fsp3) is 0.500. The second-order valence-electron chi connectivity index (χ2n) is 5.64. The molecule has 2 aliphatic carbocycles. The summed E-state index contributed by atoms with van der Waals surface area (Å²) in [4.78, 5) is 15.6. The molecular formula is C14H13Cl2F2N3O. The lowest BCUT2D eigenvalue weighted by Crippen LogP contribution is -2.47. The Labute approximate surface area is 135 Å². The van der Waals surface area contributed by atoms with Gasteiger partial charge in [0.25, 0.3) is 5.91 Å². The average molecular weight is 348 g/mol. The van der Waals surface area contributed by atoms with Gasteiger partial charge in [-0.15, -0.1) is 0 Å². The topological polar surface area (TPSA) is 54.4 Å². The highest BCUT2D eigenvalue weighted by Crippen LogP contribution is 2.65. The first-order valence-electron chi connectivity index (χ1n) is 6.83. The van der Waals surface area contributed by atoms with Crippen molar-refractivity contribution in [3.63, 3.8) is 0 Å². The maximum absolute atomic E-state index is 14.3. The Hall–Kier alpha value is -1.27. The summed E-state index contributed by atoms with van der Waals surface area (Å²) in [6.45, 7) is 0. The third kappa shape index (κ3) is 2.38. The number of nitrogens with zero attached hydrogens (tertiary/aromatic N) is 2. The van der Waals surface area contributed by atoms with Crippen molar-refractivity contribution in [3.05, 3.63) is 30.1 Å². The number of aromatic nitrogens is 1. The van der Waals surface area contributed by atoms with Gasteiger partial charge in [-0.3, -0.25) is 9.78 Å². The van der Waals surface area contributed by atoms with Crippen LogP contribution in [-0.2, 0) is 0 Å². The maximum Gasteiger partial charge on any atom is 0.271 e. The largest absolute Gasteiger partial charge is 0.271 e. The van der Waals surface area contributed by atoms with Crippen LogP contribution in [0.15, 0.2) is 29.6 Å². The summed E-state index contributed by atoms with van der Waals surface area (Å²) in [5.74, 6) is -2.15. The molecule has 2 bridgehead atoms. The zero-order chi connectivity index (χ0) is 16.0. The molecule has 2 saturated carbocycles. The number of hydrogen-bond donors (Lipinski definition) is 1. The number of carbonyl (C=O) groups excluding carboxylic acids is 1. The van der Waals surface area contributed by atoms with Crippen LogP contribution in [0.4, 0.5) is 8.78 Å². The van der Waals surface area contributed by atoms with Gasteiger partial charge in [0.15, 0.2) is 0 Å². The molecule has 0 aliphatic heterocycles. The Kier molecular flexibility index (Phi) is 3.85. The van der Waals surface area contributed by atoms with Gasteiger partial charge in [-0.1, -0.05) is 23.2 Å². The number of rotatable bonds is 3. The molecule has 1 amide bonds. The van der Waals surface area contributed by atoms with E-state index in [-0.39, 0.29) is 12.3 Å².